The van der Waals surface area contributed by atoms with E-state index in [1.165, 1.54) is 30.1 Å². The van der Waals surface area contributed by atoms with Gasteiger partial charge in [-0.15, -0.1) is 0 Å². The van der Waals surface area contributed by atoms with Gasteiger partial charge in [0.1, 0.15) is 11.4 Å². The molecule has 3 rings (SSSR count). The predicted molar refractivity (Wildman–Crippen MR) is 109 cm³/mol. The Morgan fingerprint density at radius 3 is 2.56 bits per heavy atom. The van der Waals surface area contributed by atoms with Gasteiger partial charge in [0.25, 0.3) is 0 Å². The van der Waals surface area contributed by atoms with Crippen molar-refractivity contribution in [3.63, 3.8) is 0 Å². The first-order valence-electron chi connectivity index (χ1n) is 9.71. The van der Waals surface area contributed by atoms with Gasteiger partial charge in [0, 0.05) is 30.9 Å². The highest BCUT2D eigenvalue weighted by atomic mass is 32.2. The summed E-state index contributed by atoms with van der Waals surface area (Å²) in [6.45, 7) is 1.53. The van der Waals surface area contributed by atoms with Crippen LogP contribution in [0.5, 0.6) is 0 Å². The molecule has 0 aliphatic carbocycles. The summed E-state index contributed by atoms with van der Waals surface area (Å²) in [7, 11) is -2.40. The molecule has 1 saturated heterocycles. The average molecular weight is 479 g/mol. The summed E-state index contributed by atoms with van der Waals surface area (Å²) in [4.78, 5) is 8.95. The lowest BCUT2D eigenvalue weighted by Crippen LogP contribution is -2.39. The Morgan fingerprint density at radius 2 is 1.97 bits per heavy atom. The van der Waals surface area contributed by atoms with E-state index in [4.69, 9.17) is 0 Å². The first-order valence-corrected chi connectivity index (χ1v) is 11.2. The molecular weight excluding hydrogens is 457 g/mol. The van der Waals surface area contributed by atoms with Gasteiger partial charge < -0.3 is 10.2 Å². The summed E-state index contributed by atoms with van der Waals surface area (Å²) in [5.74, 6) is -1.67. The van der Waals surface area contributed by atoms with Gasteiger partial charge in [-0.1, -0.05) is 0 Å². The zero-order valence-electron chi connectivity index (χ0n) is 17.2. The highest BCUT2D eigenvalue weighted by Gasteiger charge is 2.38. The molecule has 1 fully saturated rings. The lowest BCUT2D eigenvalue weighted by molar-refractivity contribution is -0.137. The quantitative estimate of drug-likeness (QED) is 0.611. The van der Waals surface area contributed by atoms with Crippen LogP contribution in [0.25, 0.3) is 0 Å². The van der Waals surface area contributed by atoms with Gasteiger partial charge >= 0.3 is 6.18 Å². The smallest absolute Gasteiger partial charge is 0.355 e. The maximum absolute atomic E-state index is 13.5. The number of aromatic nitrogens is 2. The molecule has 0 radical (unpaired) electrons. The van der Waals surface area contributed by atoms with Gasteiger partial charge in [-0.2, -0.15) is 18.2 Å². The molecule has 7 nitrogen and oxygen atoms in total. The minimum Gasteiger partial charge on any atom is -0.355 e. The largest absolute Gasteiger partial charge is 0.421 e. The molecular formula is C19H22F5N5O2S. The van der Waals surface area contributed by atoms with Crippen molar-refractivity contribution in [1.29, 1.82) is 0 Å². The van der Waals surface area contributed by atoms with Gasteiger partial charge in [-0.25, -0.2) is 26.9 Å². The standard InChI is InChI=1S/C19H22F5N5O2S/c1-11-8-13(32(30,31)25-2)5-6-15(11)27-18-26-9-14(19(22,23)24)17(28-18)29-7-3-4-12(10-29)16(20)21/h5-6,8-9,12,16,25H,3-4,7,10H2,1-2H3,(H,26,27,28)/t12-/m1/s1. The Hall–Kier alpha value is -2.54. The van der Waals surface area contributed by atoms with Gasteiger partial charge in [0.15, 0.2) is 0 Å². The van der Waals surface area contributed by atoms with Crippen LogP contribution in [0.4, 0.5) is 39.4 Å². The van der Waals surface area contributed by atoms with E-state index in [0.29, 0.717) is 23.9 Å². The summed E-state index contributed by atoms with van der Waals surface area (Å²) in [6.07, 6.45) is -6.23. The Balaban J connectivity index is 1.94. The second-order valence-corrected chi connectivity index (χ2v) is 9.31. The summed E-state index contributed by atoms with van der Waals surface area (Å²) < 4.78 is 93.0. The van der Waals surface area contributed by atoms with Gasteiger partial charge in [-0.05, 0) is 50.6 Å². The summed E-state index contributed by atoms with van der Waals surface area (Å²) in [6, 6.07) is 4.15. The maximum Gasteiger partial charge on any atom is 0.421 e. The van der Waals surface area contributed by atoms with Crippen LogP contribution in [0.3, 0.4) is 0 Å². The number of hydrogen-bond acceptors (Lipinski definition) is 6. The number of halogens is 5. The van der Waals surface area contributed by atoms with Crippen LogP contribution in [-0.4, -0.2) is 44.9 Å². The van der Waals surface area contributed by atoms with Crippen LogP contribution in [0.15, 0.2) is 29.3 Å². The molecule has 2 heterocycles. The molecule has 1 aliphatic rings. The van der Waals surface area contributed by atoms with Crippen molar-refractivity contribution < 1.29 is 30.4 Å². The molecule has 0 bridgehead atoms. The topological polar surface area (TPSA) is 87.2 Å². The Kier molecular flexibility index (Phi) is 6.89. The monoisotopic (exact) mass is 479 g/mol. The SMILES string of the molecule is CNS(=O)(=O)c1ccc(Nc2ncc(C(F)(F)F)c(N3CCC[C@@H](C(F)F)C3)n2)c(C)c1. The van der Waals surface area contributed by atoms with E-state index in [0.717, 1.165) is 0 Å². The zero-order valence-corrected chi connectivity index (χ0v) is 18.1. The fraction of sp³-hybridized carbons (Fsp3) is 0.474. The van der Waals surface area contributed by atoms with E-state index in [1.54, 1.807) is 6.92 Å². The molecule has 0 spiro atoms. The number of alkyl halides is 5. The molecule has 0 saturated carbocycles. The highest BCUT2D eigenvalue weighted by molar-refractivity contribution is 7.89. The summed E-state index contributed by atoms with van der Waals surface area (Å²) in [5.41, 5.74) is -0.234. The molecule has 176 valence electrons. The second-order valence-electron chi connectivity index (χ2n) is 7.42. The van der Waals surface area contributed by atoms with Crippen LogP contribution in [-0.2, 0) is 16.2 Å². The van der Waals surface area contributed by atoms with Crippen LogP contribution < -0.4 is 14.9 Å². The Labute approximate surface area is 182 Å². The van der Waals surface area contributed by atoms with Crippen LogP contribution in [0.1, 0.15) is 24.0 Å². The maximum atomic E-state index is 13.5. The van der Waals surface area contributed by atoms with E-state index >= 15 is 0 Å². The van der Waals surface area contributed by atoms with Crippen molar-refractivity contribution in [2.45, 2.75) is 37.3 Å². The van der Waals surface area contributed by atoms with E-state index in [1.807, 2.05) is 0 Å². The zero-order chi connectivity index (χ0) is 23.7. The number of sulfonamides is 1. The number of hydrogen-bond donors (Lipinski definition) is 2. The normalized spacial score (nSPS) is 17.6. The van der Waals surface area contributed by atoms with Crippen LogP contribution >= 0.6 is 0 Å². The van der Waals surface area contributed by atoms with Crippen molar-refractivity contribution in [2.75, 3.05) is 30.4 Å². The van der Waals surface area contributed by atoms with Crippen molar-refractivity contribution in [3.8, 4) is 0 Å². The van der Waals surface area contributed by atoms with E-state index in [2.05, 4.69) is 20.0 Å². The highest BCUT2D eigenvalue weighted by Crippen LogP contribution is 2.38. The van der Waals surface area contributed by atoms with Gasteiger partial charge in [0.05, 0.1) is 4.90 Å². The number of aryl methyl sites for hydroxylation is 1. The fourth-order valence-corrected chi connectivity index (χ4v) is 4.28. The number of nitrogens with one attached hydrogen (secondary N) is 2. The predicted octanol–water partition coefficient (Wildman–Crippen LogP) is 3.94. The molecule has 1 aromatic carbocycles. The summed E-state index contributed by atoms with van der Waals surface area (Å²) >= 11 is 0. The van der Waals surface area contributed by atoms with Crippen molar-refractivity contribution in [2.24, 2.45) is 5.92 Å². The Morgan fingerprint density at radius 1 is 1.25 bits per heavy atom. The van der Waals surface area contributed by atoms with E-state index in [-0.39, 0.29) is 30.4 Å². The number of anilines is 3. The minimum absolute atomic E-state index is 0.0171. The van der Waals surface area contributed by atoms with Crippen molar-refractivity contribution in [3.05, 3.63) is 35.5 Å². The lowest BCUT2D eigenvalue weighted by atomic mass is 9.98. The molecule has 0 unspecified atom stereocenters. The molecule has 0 amide bonds. The number of piperidine rings is 1. The molecule has 13 heteroatoms. The lowest BCUT2D eigenvalue weighted by Gasteiger charge is -2.34. The molecule has 1 aromatic heterocycles. The average Bonchev–Trinajstić information content (AvgIpc) is 2.74. The van der Waals surface area contributed by atoms with E-state index < -0.39 is 39.9 Å². The minimum atomic E-state index is -4.76. The van der Waals surface area contributed by atoms with Crippen molar-refractivity contribution in [1.82, 2.24) is 14.7 Å². The molecule has 2 N–H and O–H groups in total. The second kappa shape index (κ2) is 9.14. The number of nitrogens with zero attached hydrogens (tertiary/aromatic N) is 3. The van der Waals surface area contributed by atoms with Gasteiger partial charge in [-0.3, -0.25) is 0 Å². The Bertz CT molecular complexity index is 1080. The third-order valence-corrected chi connectivity index (χ3v) is 6.62. The molecule has 32 heavy (non-hydrogen) atoms. The molecule has 1 atom stereocenters. The fourth-order valence-electron chi connectivity index (χ4n) is 3.46. The van der Waals surface area contributed by atoms with Crippen molar-refractivity contribution >= 4 is 27.5 Å². The summed E-state index contributed by atoms with van der Waals surface area (Å²) in [5, 5.41) is 2.78. The molecule has 1 aliphatic heterocycles. The number of benzene rings is 1. The first-order chi connectivity index (χ1) is 14.9. The molecule has 2 aromatic rings. The third kappa shape index (κ3) is 5.26. The first kappa shape index (κ1) is 24.1. The van der Waals surface area contributed by atoms with Crippen LogP contribution in [0, 0.1) is 12.8 Å². The van der Waals surface area contributed by atoms with Gasteiger partial charge in [0.2, 0.25) is 22.4 Å². The van der Waals surface area contributed by atoms with E-state index in [9.17, 15) is 30.4 Å². The third-order valence-electron chi connectivity index (χ3n) is 5.21. The number of rotatable bonds is 6. The van der Waals surface area contributed by atoms with Crippen LogP contribution in [0.2, 0.25) is 0 Å².